The average molecular weight is 244 g/mol. The molecule has 0 amide bonds. The number of carbonyl (C=O) groups is 1. The second-order valence-corrected chi connectivity index (χ2v) is 4.10. The Bertz CT molecular complexity index is 304. The topological polar surface area (TPSA) is 79.9 Å². The Morgan fingerprint density at radius 2 is 2.56 bits per heavy atom. The van der Waals surface area contributed by atoms with E-state index in [2.05, 4.69) is 20.5 Å². The van der Waals surface area contributed by atoms with Gasteiger partial charge in [0.15, 0.2) is 5.16 Å². The van der Waals surface area contributed by atoms with Crippen molar-refractivity contribution in [2.75, 3.05) is 19.4 Å². The summed E-state index contributed by atoms with van der Waals surface area (Å²) in [5, 5.41) is 10.2. The van der Waals surface area contributed by atoms with Crippen LogP contribution in [-0.2, 0) is 9.53 Å². The normalized spacial score (nSPS) is 12.4. The molecular formula is C9H16N4O2S. The number of nitrogens with zero attached hydrogens (tertiary/aromatic N) is 2. The van der Waals surface area contributed by atoms with Crippen molar-refractivity contribution in [3.63, 3.8) is 0 Å². The van der Waals surface area contributed by atoms with Crippen LogP contribution in [0.15, 0.2) is 11.5 Å². The minimum Gasteiger partial charge on any atom is -0.465 e. The highest BCUT2D eigenvalue weighted by molar-refractivity contribution is 7.99. The summed E-state index contributed by atoms with van der Waals surface area (Å²) < 4.78 is 4.94. The Labute approximate surface area is 98.6 Å². The molecule has 7 heteroatoms. The van der Waals surface area contributed by atoms with Crippen LogP contribution in [0.5, 0.6) is 0 Å². The number of esters is 1. The van der Waals surface area contributed by atoms with E-state index >= 15 is 0 Å². The molecule has 6 nitrogen and oxygen atoms in total. The summed E-state index contributed by atoms with van der Waals surface area (Å²) in [6, 6.07) is -0.254. The van der Waals surface area contributed by atoms with Gasteiger partial charge in [-0.3, -0.25) is 9.89 Å². The van der Waals surface area contributed by atoms with Crippen LogP contribution in [0.4, 0.5) is 0 Å². The third kappa shape index (κ3) is 4.19. The lowest BCUT2D eigenvalue weighted by atomic mass is 10.2. The van der Waals surface area contributed by atoms with Crippen LogP contribution in [0.3, 0.4) is 0 Å². The Morgan fingerprint density at radius 1 is 1.75 bits per heavy atom. The highest BCUT2D eigenvalue weighted by Gasteiger charge is 2.17. The molecule has 0 fully saturated rings. The van der Waals surface area contributed by atoms with Crippen molar-refractivity contribution in [1.82, 2.24) is 20.5 Å². The minimum atomic E-state index is -0.254. The van der Waals surface area contributed by atoms with Crippen molar-refractivity contribution >= 4 is 17.7 Å². The van der Waals surface area contributed by atoms with Crippen LogP contribution in [0.25, 0.3) is 0 Å². The molecule has 0 saturated carbocycles. The van der Waals surface area contributed by atoms with Gasteiger partial charge in [-0.1, -0.05) is 11.8 Å². The number of nitrogens with one attached hydrogen (secondary N) is 2. The number of likely N-dealkylation sites (N-methyl/N-ethyl adjacent to an activating group) is 1. The van der Waals surface area contributed by atoms with Crippen molar-refractivity contribution in [2.45, 2.75) is 24.5 Å². The molecular weight excluding hydrogens is 228 g/mol. The van der Waals surface area contributed by atoms with Gasteiger partial charge in [0, 0.05) is 5.75 Å². The predicted molar refractivity (Wildman–Crippen MR) is 61.2 cm³/mol. The van der Waals surface area contributed by atoms with E-state index < -0.39 is 0 Å². The maximum atomic E-state index is 11.4. The fraction of sp³-hybridized carbons (Fsp3) is 0.667. The summed E-state index contributed by atoms with van der Waals surface area (Å²) in [5.41, 5.74) is 0. The van der Waals surface area contributed by atoms with Crippen molar-refractivity contribution in [3.8, 4) is 0 Å². The van der Waals surface area contributed by atoms with E-state index in [0.29, 0.717) is 13.0 Å². The third-order valence-electron chi connectivity index (χ3n) is 1.96. The zero-order valence-corrected chi connectivity index (χ0v) is 10.2. The third-order valence-corrected chi connectivity index (χ3v) is 2.87. The summed E-state index contributed by atoms with van der Waals surface area (Å²) in [6.45, 7) is 2.21. The molecule has 0 aromatic carbocycles. The molecule has 0 aliphatic rings. The van der Waals surface area contributed by atoms with E-state index in [9.17, 15) is 4.79 Å². The van der Waals surface area contributed by atoms with E-state index in [-0.39, 0.29) is 12.0 Å². The SMILES string of the molecule is CCOC(=O)C(CCSc1ncn[nH]1)NC. The number of aromatic amines is 1. The summed E-state index contributed by atoms with van der Waals surface area (Å²) >= 11 is 1.53. The molecule has 0 bridgehead atoms. The maximum absolute atomic E-state index is 11.4. The van der Waals surface area contributed by atoms with E-state index in [1.54, 1.807) is 14.0 Å². The second kappa shape index (κ2) is 7.24. The van der Waals surface area contributed by atoms with Crippen LogP contribution >= 0.6 is 11.8 Å². The van der Waals surface area contributed by atoms with Crippen LogP contribution in [0, 0.1) is 0 Å². The average Bonchev–Trinajstić information content (AvgIpc) is 2.77. The molecule has 16 heavy (non-hydrogen) atoms. The molecule has 0 saturated heterocycles. The van der Waals surface area contributed by atoms with Crippen molar-refractivity contribution in [1.29, 1.82) is 0 Å². The van der Waals surface area contributed by atoms with Gasteiger partial charge in [-0.2, -0.15) is 5.10 Å². The van der Waals surface area contributed by atoms with E-state index in [4.69, 9.17) is 4.74 Å². The molecule has 1 aromatic rings. The number of carbonyl (C=O) groups excluding carboxylic acids is 1. The summed E-state index contributed by atoms with van der Waals surface area (Å²) in [4.78, 5) is 15.4. The number of ether oxygens (including phenoxy) is 1. The smallest absolute Gasteiger partial charge is 0.323 e. The van der Waals surface area contributed by atoms with Crippen LogP contribution in [0.2, 0.25) is 0 Å². The lowest BCUT2D eigenvalue weighted by Crippen LogP contribution is -2.36. The van der Waals surface area contributed by atoms with Crippen LogP contribution in [-0.4, -0.2) is 46.6 Å². The zero-order valence-electron chi connectivity index (χ0n) is 9.40. The predicted octanol–water partition coefficient (Wildman–Crippen LogP) is 0.438. The van der Waals surface area contributed by atoms with E-state index in [0.717, 1.165) is 10.9 Å². The largest absolute Gasteiger partial charge is 0.465 e. The Morgan fingerprint density at radius 3 is 3.12 bits per heavy atom. The number of H-pyrrole nitrogens is 1. The monoisotopic (exact) mass is 244 g/mol. The van der Waals surface area contributed by atoms with Crippen molar-refractivity contribution in [3.05, 3.63) is 6.33 Å². The van der Waals surface area contributed by atoms with Gasteiger partial charge in [-0.05, 0) is 20.4 Å². The minimum absolute atomic E-state index is 0.205. The Kier molecular flexibility index (Phi) is 5.87. The molecule has 1 heterocycles. The summed E-state index contributed by atoms with van der Waals surface area (Å²) in [5.74, 6) is 0.572. The first-order chi connectivity index (χ1) is 7.77. The van der Waals surface area contributed by atoms with Gasteiger partial charge in [0.25, 0.3) is 0 Å². The van der Waals surface area contributed by atoms with Crippen molar-refractivity contribution in [2.24, 2.45) is 0 Å². The first-order valence-corrected chi connectivity index (χ1v) is 6.08. The first-order valence-electron chi connectivity index (χ1n) is 5.10. The standard InChI is InChI=1S/C9H16N4O2S/c1-3-15-8(14)7(10-2)4-5-16-9-11-6-12-13-9/h6-7,10H,3-5H2,1-2H3,(H,11,12,13). The van der Waals surface area contributed by atoms with Gasteiger partial charge >= 0.3 is 5.97 Å². The van der Waals surface area contributed by atoms with Gasteiger partial charge in [0.1, 0.15) is 12.4 Å². The Balaban J connectivity index is 2.26. The summed E-state index contributed by atoms with van der Waals surface area (Å²) in [7, 11) is 1.75. The number of hydrogen-bond acceptors (Lipinski definition) is 6. The first kappa shape index (κ1) is 13.0. The highest BCUT2D eigenvalue weighted by atomic mass is 32.2. The number of aromatic nitrogens is 3. The lowest BCUT2D eigenvalue weighted by Gasteiger charge is -2.13. The molecule has 0 aliphatic carbocycles. The van der Waals surface area contributed by atoms with Gasteiger partial charge in [-0.25, -0.2) is 4.98 Å². The number of rotatable bonds is 7. The number of thioether (sulfide) groups is 1. The van der Waals surface area contributed by atoms with Gasteiger partial charge in [0.05, 0.1) is 6.61 Å². The molecule has 2 N–H and O–H groups in total. The molecule has 90 valence electrons. The lowest BCUT2D eigenvalue weighted by molar-refractivity contribution is -0.145. The van der Waals surface area contributed by atoms with E-state index in [1.807, 2.05) is 0 Å². The molecule has 0 spiro atoms. The van der Waals surface area contributed by atoms with Gasteiger partial charge < -0.3 is 10.1 Å². The quantitative estimate of drug-likeness (QED) is 0.535. The van der Waals surface area contributed by atoms with Gasteiger partial charge in [0.2, 0.25) is 0 Å². The molecule has 1 aromatic heterocycles. The molecule has 0 aliphatic heterocycles. The van der Waals surface area contributed by atoms with E-state index in [1.165, 1.54) is 18.1 Å². The number of hydrogen-bond donors (Lipinski definition) is 2. The maximum Gasteiger partial charge on any atom is 0.323 e. The highest BCUT2D eigenvalue weighted by Crippen LogP contribution is 2.13. The van der Waals surface area contributed by atoms with Crippen LogP contribution in [0.1, 0.15) is 13.3 Å². The Hall–Kier alpha value is -1.08. The fourth-order valence-corrected chi connectivity index (χ4v) is 1.95. The molecule has 1 rings (SSSR count). The molecule has 1 atom stereocenters. The second-order valence-electron chi connectivity index (χ2n) is 3.02. The van der Waals surface area contributed by atoms with Crippen molar-refractivity contribution < 1.29 is 9.53 Å². The van der Waals surface area contributed by atoms with Gasteiger partial charge in [-0.15, -0.1) is 0 Å². The van der Waals surface area contributed by atoms with Crippen LogP contribution < -0.4 is 5.32 Å². The molecule has 0 radical (unpaired) electrons. The zero-order chi connectivity index (χ0) is 11.8. The molecule has 1 unspecified atom stereocenters. The summed E-state index contributed by atoms with van der Waals surface area (Å²) in [6.07, 6.45) is 2.16. The fourth-order valence-electron chi connectivity index (χ4n) is 1.16.